The van der Waals surface area contributed by atoms with Crippen LogP contribution in [0.5, 0.6) is 0 Å². The zero-order valence-corrected chi connectivity index (χ0v) is 18.9. The van der Waals surface area contributed by atoms with Gasteiger partial charge >= 0.3 is 0 Å². The number of rotatable bonds is 6. The Morgan fingerprint density at radius 3 is 2.39 bits per heavy atom. The van der Waals surface area contributed by atoms with Crippen molar-refractivity contribution >= 4 is 55.5 Å². The molecular formula is C23H19Cl2N3O2S. The standard InChI is InChI=1S/C23H19Cl2N3O2S/c1-15-12-22(26-14-16-10-11-19(24)20(25)13-16)18-8-5-9-21(23(18)27-15)28-31(29,30)17-6-3-2-4-7-17/h2-13,28H,14H2,1H3,(H,26,27). The number of benzene rings is 3. The van der Waals surface area contributed by atoms with Gasteiger partial charge in [0.25, 0.3) is 10.0 Å². The van der Waals surface area contributed by atoms with Crippen molar-refractivity contribution < 1.29 is 8.42 Å². The maximum atomic E-state index is 12.8. The third kappa shape index (κ3) is 4.77. The number of para-hydroxylation sites is 1. The van der Waals surface area contributed by atoms with Crippen LogP contribution in [0.1, 0.15) is 11.3 Å². The molecule has 0 aliphatic rings. The highest BCUT2D eigenvalue weighted by atomic mass is 35.5. The Labute approximate surface area is 191 Å². The van der Waals surface area contributed by atoms with E-state index in [1.165, 1.54) is 0 Å². The van der Waals surface area contributed by atoms with E-state index in [-0.39, 0.29) is 4.90 Å². The Bertz CT molecular complexity index is 1360. The van der Waals surface area contributed by atoms with Gasteiger partial charge in [-0.05, 0) is 48.9 Å². The second-order valence-corrected chi connectivity index (χ2v) is 9.53. The van der Waals surface area contributed by atoms with E-state index < -0.39 is 10.0 Å². The molecule has 0 fully saturated rings. The fourth-order valence-electron chi connectivity index (χ4n) is 3.26. The van der Waals surface area contributed by atoms with Gasteiger partial charge in [-0.2, -0.15) is 0 Å². The molecule has 8 heteroatoms. The molecule has 4 rings (SSSR count). The summed E-state index contributed by atoms with van der Waals surface area (Å²) in [7, 11) is -3.73. The summed E-state index contributed by atoms with van der Waals surface area (Å²) < 4.78 is 28.3. The van der Waals surface area contributed by atoms with E-state index in [4.69, 9.17) is 23.2 Å². The van der Waals surface area contributed by atoms with Crippen molar-refractivity contribution in [3.63, 3.8) is 0 Å². The van der Waals surface area contributed by atoms with Gasteiger partial charge in [-0.1, -0.05) is 59.6 Å². The first-order chi connectivity index (χ1) is 14.8. The first kappa shape index (κ1) is 21.4. The van der Waals surface area contributed by atoms with E-state index >= 15 is 0 Å². The normalized spacial score (nSPS) is 11.5. The zero-order chi connectivity index (χ0) is 22.0. The van der Waals surface area contributed by atoms with Gasteiger partial charge in [0.05, 0.1) is 26.1 Å². The Kier molecular flexibility index (Phi) is 6.05. The van der Waals surface area contributed by atoms with Crippen LogP contribution in [0.4, 0.5) is 11.4 Å². The lowest BCUT2D eigenvalue weighted by Crippen LogP contribution is -2.13. The summed E-state index contributed by atoms with van der Waals surface area (Å²) in [6.45, 7) is 2.39. The van der Waals surface area contributed by atoms with E-state index in [2.05, 4.69) is 15.0 Å². The van der Waals surface area contributed by atoms with Crippen LogP contribution in [0.25, 0.3) is 10.9 Å². The van der Waals surface area contributed by atoms with Crippen molar-refractivity contribution in [2.24, 2.45) is 0 Å². The van der Waals surface area contributed by atoms with Gasteiger partial charge in [0.1, 0.15) is 0 Å². The largest absolute Gasteiger partial charge is 0.380 e. The second kappa shape index (κ2) is 8.75. The first-order valence-electron chi connectivity index (χ1n) is 9.49. The van der Waals surface area contributed by atoms with Crippen molar-refractivity contribution in [2.75, 3.05) is 10.0 Å². The van der Waals surface area contributed by atoms with Gasteiger partial charge in [-0.25, -0.2) is 8.42 Å². The van der Waals surface area contributed by atoms with E-state index in [1.807, 2.05) is 31.2 Å². The molecule has 158 valence electrons. The predicted octanol–water partition coefficient (Wildman–Crippen LogP) is 6.26. The number of aryl methyl sites for hydroxylation is 1. The van der Waals surface area contributed by atoms with E-state index in [0.717, 1.165) is 22.3 Å². The third-order valence-electron chi connectivity index (χ3n) is 4.73. The van der Waals surface area contributed by atoms with Crippen molar-refractivity contribution in [1.82, 2.24) is 4.98 Å². The maximum absolute atomic E-state index is 12.8. The van der Waals surface area contributed by atoms with Gasteiger partial charge in [0.15, 0.2) is 0 Å². The molecule has 2 N–H and O–H groups in total. The molecule has 0 saturated carbocycles. The molecule has 5 nitrogen and oxygen atoms in total. The molecule has 0 unspecified atom stereocenters. The topological polar surface area (TPSA) is 71.1 Å². The lowest BCUT2D eigenvalue weighted by molar-refractivity contribution is 0.601. The van der Waals surface area contributed by atoms with Gasteiger partial charge in [-0.3, -0.25) is 9.71 Å². The number of hydrogen-bond acceptors (Lipinski definition) is 4. The van der Waals surface area contributed by atoms with Crippen molar-refractivity contribution in [3.8, 4) is 0 Å². The van der Waals surface area contributed by atoms with Crippen LogP contribution in [0, 0.1) is 6.92 Å². The first-order valence-corrected chi connectivity index (χ1v) is 11.7. The van der Waals surface area contributed by atoms with Crippen molar-refractivity contribution in [1.29, 1.82) is 0 Å². The highest BCUT2D eigenvalue weighted by Crippen LogP contribution is 2.31. The van der Waals surface area contributed by atoms with Crippen LogP contribution in [0.15, 0.2) is 77.7 Å². The van der Waals surface area contributed by atoms with Gasteiger partial charge < -0.3 is 5.32 Å². The summed E-state index contributed by atoms with van der Waals surface area (Å²) in [5.74, 6) is 0. The molecular weight excluding hydrogens is 453 g/mol. The number of anilines is 2. The molecule has 0 amide bonds. The minimum absolute atomic E-state index is 0.192. The third-order valence-corrected chi connectivity index (χ3v) is 6.85. The summed E-state index contributed by atoms with van der Waals surface area (Å²) in [5.41, 5.74) is 3.56. The molecule has 1 heterocycles. The molecule has 0 bridgehead atoms. The monoisotopic (exact) mass is 471 g/mol. The highest BCUT2D eigenvalue weighted by molar-refractivity contribution is 7.92. The molecule has 0 aliphatic carbocycles. The molecule has 4 aromatic rings. The SMILES string of the molecule is Cc1cc(NCc2ccc(Cl)c(Cl)c2)c2cccc(NS(=O)(=O)c3ccccc3)c2n1. The molecule has 0 atom stereocenters. The highest BCUT2D eigenvalue weighted by Gasteiger charge is 2.16. The lowest BCUT2D eigenvalue weighted by atomic mass is 10.1. The molecule has 0 radical (unpaired) electrons. The number of fused-ring (bicyclic) bond motifs is 1. The quantitative estimate of drug-likeness (QED) is 0.347. The molecule has 0 saturated heterocycles. The zero-order valence-electron chi connectivity index (χ0n) is 16.6. The molecule has 0 aliphatic heterocycles. The number of sulfonamides is 1. The van der Waals surface area contributed by atoms with Crippen molar-refractivity contribution in [2.45, 2.75) is 18.4 Å². The van der Waals surface area contributed by atoms with Gasteiger partial charge in [0.2, 0.25) is 0 Å². The molecule has 3 aromatic carbocycles. The average Bonchev–Trinajstić information content (AvgIpc) is 2.75. The van der Waals surface area contributed by atoms with E-state index in [1.54, 1.807) is 48.5 Å². The van der Waals surface area contributed by atoms with Crippen LogP contribution in [0.2, 0.25) is 10.0 Å². The summed E-state index contributed by atoms with van der Waals surface area (Å²) >= 11 is 12.1. The number of halogens is 2. The summed E-state index contributed by atoms with van der Waals surface area (Å²) in [5, 5.41) is 5.20. The maximum Gasteiger partial charge on any atom is 0.261 e. The Morgan fingerprint density at radius 1 is 0.871 bits per heavy atom. The van der Waals surface area contributed by atoms with Crippen LogP contribution < -0.4 is 10.0 Å². The molecule has 1 aromatic heterocycles. The lowest BCUT2D eigenvalue weighted by Gasteiger charge is -2.15. The average molecular weight is 472 g/mol. The van der Waals surface area contributed by atoms with Crippen LogP contribution in [-0.2, 0) is 16.6 Å². The Hall–Kier alpha value is -2.80. The van der Waals surface area contributed by atoms with Crippen LogP contribution in [0.3, 0.4) is 0 Å². The van der Waals surface area contributed by atoms with E-state index in [9.17, 15) is 8.42 Å². The fraction of sp³-hybridized carbons (Fsp3) is 0.0870. The van der Waals surface area contributed by atoms with Crippen LogP contribution >= 0.6 is 23.2 Å². The second-order valence-electron chi connectivity index (χ2n) is 7.03. The van der Waals surface area contributed by atoms with Gasteiger partial charge in [0, 0.05) is 23.3 Å². The minimum Gasteiger partial charge on any atom is -0.380 e. The summed E-state index contributed by atoms with van der Waals surface area (Å²) in [4.78, 5) is 4.78. The molecule has 31 heavy (non-hydrogen) atoms. The fourth-order valence-corrected chi connectivity index (χ4v) is 4.66. The Balaban J connectivity index is 1.68. The van der Waals surface area contributed by atoms with Gasteiger partial charge in [-0.15, -0.1) is 0 Å². The van der Waals surface area contributed by atoms with Crippen LogP contribution in [-0.4, -0.2) is 13.4 Å². The predicted molar refractivity (Wildman–Crippen MR) is 128 cm³/mol. The number of aromatic nitrogens is 1. The number of nitrogens with zero attached hydrogens (tertiary/aromatic N) is 1. The van der Waals surface area contributed by atoms with Crippen molar-refractivity contribution in [3.05, 3.63) is 94.1 Å². The number of nitrogens with one attached hydrogen (secondary N) is 2. The van der Waals surface area contributed by atoms with E-state index in [0.29, 0.717) is 27.8 Å². The summed E-state index contributed by atoms with van der Waals surface area (Å²) in [6, 6.07) is 21.0. The minimum atomic E-state index is -3.73. The number of hydrogen-bond donors (Lipinski definition) is 2. The Morgan fingerprint density at radius 2 is 1.65 bits per heavy atom. The summed E-state index contributed by atoms with van der Waals surface area (Å²) in [6.07, 6.45) is 0. The molecule has 0 spiro atoms. The smallest absolute Gasteiger partial charge is 0.261 e. The number of pyridine rings is 1.